The standard InChI is InChI=1S/C15H14Cl3NO/c1-8-3-9(5-10(16)4-8)15(19)11-6-13(18)14(20-2)7-12(11)17/h3-7,15H,19H2,1-2H3. The zero-order valence-corrected chi connectivity index (χ0v) is 13.4. The largest absolute Gasteiger partial charge is 0.495 e. The van der Waals surface area contributed by atoms with Crippen LogP contribution >= 0.6 is 34.8 Å². The number of hydrogen-bond acceptors (Lipinski definition) is 2. The molecule has 2 nitrogen and oxygen atoms in total. The van der Waals surface area contributed by atoms with Crippen LogP contribution in [0.15, 0.2) is 30.3 Å². The molecule has 1 atom stereocenters. The Morgan fingerprint density at radius 1 is 1.00 bits per heavy atom. The second kappa shape index (κ2) is 6.23. The third kappa shape index (κ3) is 3.21. The predicted molar refractivity (Wildman–Crippen MR) is 85.2 cm³/mol. The van der Waals surface area contributed by atoms with Crippen LogP contribution in [0.3, 0.4) is 0 Å². The van der Waals surface area contributed by atoms with Gasteiger partial charge in [0.25, 0.3) is 0 Å². The van der Waals surface area contributed by atoms with E-state index in [2.05, 4.69) is 0 Å². The Bertz CT molecular complexity index is 623. The molecule has 0 saturated carbocycles. The average molecular weight is 331 g/mol. The fourth-order valence-corrected chi connectivity index (χ4v) is 2.88. The molecule has 0 aromatic heterocycles. The molecule has 0 spiro atoms. The molecule has 0 heterocycles. The molecular weight excluding hydrogens is 317 g/mol. The molecule has 0 aliphatic carbocycles. The third-order valence-corrected chi connectivity index (χ3v) is 3.87. The highest BCUT2D eigenvalue weighted by Crippen LogP contribution is 2.35. The summed E-state index contributed by atoms with van der Waals surface area (Å²) in [6.45, 7) is 1.96. The Labute approximate surface area is 133 Å². The first kappa shape index (κ1) is 15.5. The van der Waals surface area contributed by atoms with Gasteiger partial charge in [0, 0.05) is 16.1 Å². The van der Waals surface area contributed by atoms with Crippen LogP contribution in [0.4, 0.5) is 0 Å². The summed E-state index contributed by atoms with van der Waals surface area (Å²) < 4.78 is 5.13. The molecular formula is C15H14Cl3NO. The molecule has 0 aliphatic rings. The van der Waals surface area contributed by atoms with Crippen LogP contribution in [0.1, 0.15) is 22.7 Å². The number of ether oxygens (including phenoxy) is 1. The highest BCUT2D eigenvalue weighted by Gasteiger charge is 2.16. The fourth-order valence-electron chi connectivity index (χ4n) is 2.06. The van der Waals surface area contributed by atoms with Crippen molar-refractivity contribution >= 4 is 34.8 Å². The van der Waals surface area contributed by atoms with Gasteiger partial charge in [0.05, 0.1) is 18.2 Å². The van der Waals surface area contributed by atoms with Gasteiger partial charge >= 0.3 is 0 Å². The Morgan fingerprint density at radius 2 is 1.70 bits per heavy atom. The highest BCUT2D eigenvalue weighted by atomic mass is 35.5. The van der Waals surface area contributed by atoms with Gasteiger partial charge in [-0.05, 0) is 41.8 Å². The lowest BCUT2D eigenvalue weighted by Crippen LogP contribution is -2.13. The van der Waals surface area contributed by atoms with Crippen molar-refractivity contribution < 1.29 is 4.74 Å². The molecule has 2 aromatic carbocycles. The molecule has 5 heteroatoms. The second-order valence-corrected chi connectivity index (χ2v) is 5.80. The molecule has 0 fully saturated rings. The van der Waals surface area contributed by atoms with Gasteiger partial charge < -0.3 is 10.5 Å². The van der Waals surface area contributed by atoms with E-state index in [9.17, 15) is 0 Å². The van der Waals surface area contributed by atoms with Gasteiger partial charge in [0.1, 0.15) is 5.75 Å². The van der Waals surface area contributed by atoms with E-state index in [0.717, 1.165) is 16.7 Å². The van der Waals surface area contributed by atoms with Crippen molar-refractivity contribution in [2.45, 2.75) is 13.0 Å². The maximum atomic E-state index is 6.27. The summed E-state index contributed by atoms with van der Waals surface area (Å²) in [6, 6.07) is 8.67. The number of hydrogen-bond donors (Lipinski definition) is 1. The van der Waals surface area contributed by atoms with Crippen molar-refractivity contribution in [2.24, 2.45) is 5.73 Å². The second-order valence-electron chi connectivity index (χ2n) is 4.55. The summed E-state index contributed by atoms with van der Waals surface area (Å²) in [7, 11) is 1.54. The van der Waals surface area contributed by atoms with E-state index in [1.165, 1.54) is 7.11 Å². The van der Waals surface area contributed by atoms with Crippen LogP contribution in [0, 0.1) is 6.92 Å². The normalized spacial score (nSPS) is 12.3. The summed E-state index contributed by atoms with van der Waals surface area (Å²) >= 11 is 18.4. The molecule has 20 heavy (non-hydrogen) atoms. The molecule has 0 saturated heterocycles. The van der Waals surface area contributed by atoms with Crippen molar-refractivity contribution in [3.05, 3.63) is 62.1 Å². The van der Waals surface area contributed by atoms with Crippen molar-refractivity contribution in [1.29, 1.82) is 0 Å². The smallest absolute Gasteiger partial charge is 0.138 e. The maximum Gasteiger partial charge on any atom is 0.138 e. The van der Waals surface area contributed by atoms with E-state index in [0.29, 0.717) is 20.8 Å². The maximum absolute atomic E-state index is 6.27. The lowest BCUT2D eigenvalue weighted by Gasteiger charge is -2.17. The van der Waals surface area contributed by atoms with Gasteiger partial charge in [-0.15, -0.1) is 0 Å². The van der Waals surface area contributed by atoms with E-state index in [1.54, 1.807) is 12.1 Å². The minimum absolute atomic E-state index is 0.400. The van der Waals surface area contributed by atoms with Crippen molar-refractivity contribution in [3.8, 4) is 5.75 Å². The van der Waals surface area contributed by atoms with E-state index in [1.807, 2.05) is 25.1 Å². The van der Waals surface area contributed by atoms with Crippen LogP contribution in [-0.4, -0.2) is 7.11 Å². The number of aryl methyl sites for hydroxylation is 1. The van der Waals surface area contributed by atoms with Gasteiger partial charge in [-0.25, -0.2) is 0 Å². The Morgan fingerprint density at radius 3 is 2.30 bits per heavy atom. The highest BCUT2D eigenvalue weighted by molar-refractivity contribution is 6.34. The first-order valence-electron chi connectivity index (χ1n) is 5.98. The molecule has 2 rings (SSSR count). The summed E-state index contributed by atoms with van der Waals surface area (Å²) in [5, 5.41) is 1.63. The van der Waals surface area contributed by atoms with Crippen molar-refractivity contribution in [1.82, 2.24) is 0 Å². The van der Waals surface area contributed by atoms with E-state index in [4.69, 9.17) is 45.3 Å². The number of halogens is 3. The summed E-state index contributed by atoms with van der Waals surface area (Å²) in [5.74, 6) is 0.523. The molecule has 106 valence electrons. The molecule has 0 radical (unpaired) electrons. The fraction of sp³-hybridized carbons (Fsp3) is 0.200. The van der Waals surface area contributed by atoms with Crippen molar-refractivity contribution in [3.63, 3.8) is 0 Å². The molecule has 0 amide bonds. The Kier molecular flexibility index (Phi) is 4.82. The molecule has 2 N–H and O–H groups in total. The van der Waals surface area contributed by atoms with Gasteiger partial charge in [-0.1, -0.05) is 40.9 Å². The molecule has 2 aromatic rings. The van der Waals surface area contributed by atoms with E-state index < -0.39 is 6.04 Å². The SMILES string of the molecule is COc1cc(Cl)c(C(N)c2cc(C)cc(Cl)c2)cc1Cl. The number of benzene rings is 2. The van der Waals surface area contributed by atoms with Crippen LogP contribution in [0.2, 0.25) is 15.1 Å². The number of rotatable bonds is 3. The van der Waals surface area contributed by atoms with Crippen LogP contribution < -0.4 is 10.5 Å². The predicted octanol–water partition coefficient (Wildman–Crippen LogP) is 5.01. The monoisotopic (exact) mass is 329 g/mol. The summed E-state index contributed by atoms with van der Waals surface area (Å²) in [4.78, 5) is 0. The van der Waals surface area contributed by atoms with Crippen LogP contribution in [0.5, 0.6) is 5.75 Å². The van der Waals surface area contributed by atoms with E-state index >= 15 is 0 Å². The Balaban J connectivity index is 2.47. The number of nitrogens with two attached hydrogens (primary N) is 1. The lowest BCUT2D eigenvalue weighted by molar-refractivity contribution is 0.415. The molecule has 0 aliphatic heterocycles. The van der Waals surface area contributed by atoms with Crippen LogP contribution in [-0.2, 0) is 0 Å². The van der Waals surface area contributed by atoms with E-state index in [-0.39, 0.29) is 0 Å². The first-order valence-corrected chi connectivity index (χ1v) is 7.11. The first-order chi connectivity index (χ1) is 9.42. The average Bonchev–Trinajstić information content (AvgIpc) is 2.39. The lowest BCUT2D eigenvalue weighted by atomic mass is 9.98. The van der Waals surface area contributed by atoms with Gasteiger partial charge in [0.2, 0.25) is 0 Å². The Hall–Kier alpha value is -0.930. The molecule has 1 unspecified atom stereocenters. The van der Waals surface area contributed by atoms with Gasteiger partial charge in [0.15, 0.2) is 0 Å². The zero-order chi connectivity index (χ0) is 14.9. The minimum Gasteiger partial charge on any atom is -0.495 e. The topological polar surface area (TPSA) is 35.2 Å². The zero-order valence-electron chi connectivity index (χ0n) is 11.1. The van der Waals surface area contributed by atoms with Gasteiger partial charge in [-0.3, -0.25) is 0 Å². The number of methoxy groups -OCH3 is 1. The van der Waals surface area contributed by atoms with Crippen LogP contribution in [0.25, 0.3) is 0 Å². The summed E-state index contributed by atoms with van der Waals surface area (Å²) in [6.07, 6.45) is 0. The quantitative estimate of drug-likeness (QED) is 0.858. The third-order valence-electron chi connectivity index (χ3n) is 3.03. The summed E-state index contributed by atoms with van der Waals surface area (Å²) in [5.41, 5.74) is 8.94. The van der Waals surface area contributed by atoms with Crippen molar-refractivity contribution in [2.75, 3.05) is 7.11 Å². The minimum atomic E-state index is -0.400. The molecule has 0 bridgehead atoms. The van der Waals surface area contributed by atoms with Gasteiger partial charge in [-0.2, -0.15) is 0 Å².